The largest absolute Gasteiger partial charge is 0.394 e. The monoisotopic (exact) mass is 237 g/mol. The van der Waals surface area contributed by atoms with Crippen LogP contribution in [-0.4, -0.2) is 11.7 Å². The predicted molar refractivity (Wildman–Crippen MR) is 69.9 cm³/mol. The summed E-state index contributed by atoms with van der Waals surface area (Å²) < 4.78 is 0. The summed E-state index contributed by atoms with van der Waals surface area (Å²) in [7, 11) is 0. The summed E-state index contributed by atoms with van der Waals surface area (Å²) >= 11 is 0. The normalized spacial score (nSPS) is 12.2. The molecule has 3 N–H and O–H groups in total. The van der Waals surface area contributed by atoms with E-state index in [-0.39, 0.29) is 25.1 Å². The second-order valence-corrected chi connectivity index (χ2v) is 3.81. The second-order valence-electron chi connectivity index (χ2n) is 3.81. The van der Waals surface area contributed by atoms with E-state index >= 15 is 0 Å². The molecule has 0 heterocycles. The highest BCUT2D eigenvalue weighted by molar-refractivity contribution is 5.88. The summed E-state index contributed by atoms with van der Waals surface area (Å²) in [4.78, 5) is 0. The van der Waals surface area contributed by atoms with Gasteiger partial charge in [0.1, 0.15) is 0 Å². The number of benzene rings is 2. The van der Waals surface area contributed by atoms with Crippen molar-refractivity contribution in [2.24, 2.45) is 5.73 Å². The van der Waals surface area contributed by atoms with Gasteiger partial charge in [-0.3, -0.25) is 0 Å². The van der Waals surface area contributed by atoms with Gasteiger partial charge in [-0.2, -0.15) is 0 Å². The molecule has 0 radical (unpaired) electrons. The zero-order chi connectivity index (χ0) is 10.8. The molecule has 0 aliphatic heterocycles. The number of rotatable bonds is 2. The van der Waals surface area contributed by atoms with Crippen LogP contribution in [0.2, 0.25) is 0 Å². The Labute approximate surface area is 101 Å². The standard InChI is InChI=1S/C13H15NO.ClH/c1-9-6-7-12(13(14)8-15)11-5-3-2-4-10(9)11;/h2-7,13,15H,8,14H2,1H3;1H/t13-;/m1./s1. The Bertz CT molecular complexity index is 484. The average molecular weight is 238 g/mol. The maximum atomic E-state index is 9.09. The summed E-state index contributed by atoms with van der Waals surface area (Å²) in [6.45, 7) is 2.06. The first-order valence-corrected chi connectivity index (χ1v) is 5.08. The third-order valence-electron chi connectivity index (χ3n) is 2.77. The Balaban J connectivity index is 0.00000128. The van der Waals surface area contributed by atoms with Crippen LogP contribution in [0.25, 0.3) is 10.8 Å². The number of hydrogen-bond donors (Lipinski definition) is 2. The molecule has 0 aromatic heterocycles. The fraction of sp³-hybridized carbons (Fsp3) is 0.231. The van der Waals surface area contributed by atoms with Crippen LogP contribution in [0.5, 0.6) is 0 Å². The quantitative estimate of drug-likeness (QED) is 0.843. The Morgan fingerprint density at radius 2 is 1.75 bits per heavy atom. The number of hydrogen-bond acceptors (Lipinski definition) is 2. The van der Waals surface area contributed by atoms with Gasteiger partial charge in [-0.1, -0.05) is 36.4 Å². The molecule has 0 aliphatic carbocycles. The van der Waals surface area contributed by atoms with E-state index in [1.807, 2.05) is 30.3 Å². The summed E-state index contributed by atoms with van der Waals surface area (Å²) in [5.74, 6) is 0. The van der Waals surface area contributed by atoms with Crippen molar-refractivity contribution in [3.8, 4) is 0 Å². The van der Waals surface area contributed by atoms with E-state index in [4.69, 9.17) is 10.8 Å². The predicted octanol–water partition coefficient (Wildman–Crippen LogP) is 2.56. The van der Waals surface area contributed by atoms with Gasteiger partial charge >= 0.3 is 0 Å². The Kier molecular flexibility index (Phi) is 4.30. The molecule has 0 aliphatic rings. The molecule has 0 fully saturated rings. The van der Waals surface area contributed by atoms with Gasteiger partial charge in [0.2, 0.25) is 0 Å². The van der Waals surface area contributed by atoms with Crippen LogP contribution in [0.3, 0.4) is 0 Å². The molecule has 0 bridgehead atoms. The summed E-state index contributed by atoms with van der Waals surface area (Å²) in [5.41, 5.74) is 8.11. The van der Waals surface area contributed by atoms with Gasteiger partial charge in [-0.25, -0.2) is 0 Å². The minimum Gasteiger partial charge on any atom is -0.394 e. The summed E-state index contributed by atoms with van der Waals surface area (Å²) in [6, 6.07) is 11.9. The fourth-order valence-electron chi connectivity index (χ4n) is 1.89. The molecule has 1 atom stereocenters. The van der Waals surface area contributed by atoms with Crippen molar-refractivity contribution in [3.63, 3.8) is 0 Å². The van der Waals surface area contributed by atoms with E-state index in [1.165, 1.54) is 10.9 Å². The van der Waals surface area contributed by atoms with Gasteiger partial charge in [-0.05, 0) is 28.8 Å². The minimum absolute atomic E-state index is 0. The van der Waals surface area contributed by atoms with Gasteiger partial charge in [0.05, 0.1) is 12.6 Å². The van der Waals surface area contributed by atoms with Crippen LogP contribution in [-0.2, 0) is 0 Å². The summed E-state index contributed by atoms with van der Waals surface area (Å²) in [5, 5.41) is 11.4. The maximum Gasteiger partial charge on any atom is 0.0624 e. The van der Waals surface area contributed by atoms with Crippen LogP contribution in [0.1, 0.15) is 17.2 Å². The first-order valence-electron chi connectivity index (χ1n) is 5.08. The molecule has 3 heteroatoms. The number of aliphatic hydroxyl groups is 1. The molecule has 16 heavy (non-hydrogen) atoms. The van der Waals surface area contributed by atoms with Crippen LogP contribution >= 0.6 is 12.4 Å². The molecule has 2 aromatic rings. The highest BCUT2D eigenvalue weighted by Gasteiger charge is 2.09. The Morgan fingerprint density at radius 3 is 2.38 bits per heavy atom. The molecule has 0 amide bonds. The average Bonchev–Trinajstić information content (AvgIpc) is 2.29. The lowest BCUT2D eigenvalue weighted by Crippen LogP contribution is -2.14. The second kappa shape index (κ2) is 5.30. The number of aryl methyl sites for hydroxylation is 1. The highest BCUT2D eigenvalue weighted by atomic mass is 35.5. The van der Waals surface area contributed by atoms with Crippen molar-refractivity contribution in [1.82, 2.24) is 0 Å². The van der Waals surface area contributed by atoms with E-state index in [2.05, 4.69) is 13.0 Å². The van der Waals surface area contributed by atoms with Crippen LogP contribution in [0.15, 0.2) is 36.4 Å². The van der Waals surface area contributed by atoms with Crippen molar-refractivity contribution in [1.29, 1.82) is 0 Å². The number of fused-ring (bicyclic) bond motifs is 1. The molecule has 2 aromatic carbocycles. The molecule has 0 spiro atoms. The zero-order valence-electron chi connectivity index (χ0n) is 9.18. The number of aliphatic hydroxyl groups excluding tert-OH is 1. The van der Waals surface area contributed by atoms with Crippen molar-refractivity contribution >= 4 is 23.2 Å². The molecule has 0 saturated carbocycles. The molecule has 0 unspecified atom stereocenters. The van der Waals surface area contributed by atoms with E-state index < -0.39 is 0 Å². The lowest BCUT2D eigenvalue weighted by Gasteiger charge is -2.13. The first-order chi connectivity index (χ1) is 7.24. The minimum atomic E-state index is -0.296. The van der Waals surface area contributed by atoms with Crippen LogP contribution < -0.4 is 5.73 Å². The number of halogens is 1. The van der Waals surface area contributed by atoms with E-state index in [9.17, 15) is 0 Å². The lowest BCUT2D eigenvalue weighted by atomic mass is 9.96. The van der Waals surface area contributed by atoms with Crippen molar-refractivity contribution in [2.45, 2.75) is 13.0 Å². The molecular weight excluding hydrogens is 222 g/mol. The number of nitrogens with two attached hydrogens (primary N) is 1. The first kappa shape index (κ1) is 13.0. The van der Waals surface area contributed by atoms with Gasteiger partial charge in [0.15, 0.2) is 0 Å². The van der Waals surface area contributed by atoms with Gasteiger partial charge in [0, 0.05) is 0 Å². The fourth-order valence-corrected chi connectivity index (χ4v) is 1.89. The lowest BCUT2D eigenvalue weighted by molar-refractivity contribution is 0.268. The Hall–Kier alpha value is -1.09. The maximum absolute atomic E-state index is 9.09. The SMILES string of the molecule is Cc1ccc([C@H](N)CO)c2ccccc12.Cl. The summed E-state index contributed by atoms with van der Waals surface area (Å²) in [6.07, 6.45) is 0. The topological polar surface area (TPSA) is 46.2 Å². The van der Waals surface area contributed by atoms with Gasteiger partial charge in [-0.15, -0.1) is 12.4 Å². The van der Waals surface area contributed by atoms with Crippen molar-refractivity contribution in [2.75, 3.05) is 6.61 Å². The zero-order valence-corrected chi connectivity index (χ0v) is 10.00. The highest BCUT2D eigenvalue weighted by Crippen LogP contribution is 2.25. The van der Waals surface area contributed by atoms with Crippen molar-refractivity contribution in [3.05, 3.63) is 47.5 Å². The van der Waals surface area contributed by atoms with Gasteiger partial charge < -0.3 is 10.8 Å². The Morgan fingerprint density at radius 1 is 1.12 bits per heavy atom. The van der Waals surface area contributed by atoms with Crippen molar-refractivity contribution < 1.29 is 5.11 Å². The van der Waals surface area contributed by atoms with Crippen LogP contribution in [0.4, 0.5) is 0 Å². The molecule has 86 valence electrons. The third-order valence-corrected chi connectivity index (χ3v) is 2.77. The van der Waals surface area contributed by atoms with E-state index in [1.54, 1.807) is 0 Å². The van der Waals surface area contributed by atoms with Gasteiger partial charge in [0.25, 0.3) is 0 Å². The molecule has 2 rings (SSSR count). The van der Waals surface area contributed by atoms with E-state index in [0.717, 1.165) is 10.9 Å². The molecule has 2 nitrogen and oxygen atoms in total. The molecular formula is C13H16ClNO. The smallest absolute Gasteiger partial charge is 0.0624 e. The van der Waals surface area contributed by atoms with Crippen LogP contribution in [0, 0.1) is 6.92 Å². The third kappa shape index (κ3) is 2.19. The van der Waals surface area contributed by atoms with E-state index in [0.29, 0.717) is 0 Å². The molecule has 0 saturated heterocycles.